The van der Waals surface area contributed by atoms with Gasteiger partial charge in [0.2, 0.25) is 0 Å². The highest BCUT2D eigenvalue weighted by Crippen LogP contribution is 2.08. The molecule has 0 heterocycles. The summed E-state index contributed by atoms with van der Waals surface area (Å²) < 4.78 is 0. The van der Waals surface area contributed by atoms with Crippen LogP contribution in [0.25, 0.3) is 0 Å². The fraction of sp³-hybridized carbons (Fsp3) is 0.750. The third-order valence-corrected chi connectivity index (χ3v) is 4.23. The van der Waals surface area contributed by atoms with Crippen LogP contribution in [0.3, 0.4) is 0 Å². The van der Waals surface area contributed by atoms with Gasteiger partial charge in [-0.05, 0) is 0 Å². The van der Waals surface area contributed by atoms with Gasteiger partial charge in [-0.25, -0.2) is 0 Å². The molecule has 0 aliphatic rings. The highest BCUT2D eigenvalue weighted by molar-refractivity contribution is 7.82. The second kappa shape index (κ2) is 10.1. The van der Waals surface area contributed by atoms with E-state index in [0.29, 0.717) is 23.5 Å². The molecule has 0 aliphatic carbocycles. The first-order chi connectivity index (χ1) is 7.60. The summed E-state index contributed by atoms with van der Waals surface area (Å²) in [5, 5.41) is 0. The molecular weight excluding hydrogens is 317 g/mol. The lowest BCUT2D eigenvalue weighted by molar-refractivity contribution is 0.562. The Morgan fingerprint density at radius 1 is 0.688 bits per heavy atom. The summed E-state index contributed by atoms with van der Waals surface area (Å²) >= 11 is 27.2. The zero-order valence-electron chi connectivity index (χ0n) is 8.74. The zero-order chi connectivity index (χ0) is 12.6. The van der Waals surface area contributed by atoms with Crippen LogP contribution in [0.4, 0.5) is 0 Å². The van der Waals surface area contributed by atoms with Crippen LogP contribution in [-0.4, -0.2) is 43.3 Å². The molecule has 0 bridgehead atoms. The molecule has 0 spiro atoms. The normalized spacial score (nSPS) is 10.0. The van der Waals surface area contributed by atoms with E-state index >= 15 is 0 Å². The van der Waals surface area contributed by atoms with Gasteiger partial charge < -0.3 is 9.80 Å². The maximum absolute atomic E-state index is 5.26. The molecular formula is C8H16N2S6. The lowest BCUT2D eigenvalue weighted by Crippen LogP contribution is -2.31. The van der Waals surface area contributed by atoms with Crippen LogP contribution in [0.15, 0.2) is 0 Å². The van der Waals surface area contributed by atoms with Gasteiger partial charge in [0, 0.05) is 12.8 Å². The van der Waals surface area contributed by atoms with Gasteiger partial charge in [-0.2, -0.15) is 50.5 Å². The minimum atomic E-state index is 0.581. The molecule has 0 atom stereocenters. The van der Waals surface area contributed by atoms with Crippen LogP contribution in [-0.2, 0) is 0 Å². The van der Waals surface area contributed by atoms with Crippen molar-refractivity contribution in [2.45, 2.75) is 12.8 Å². The average Bonchev–Trinajstić information content (AvgIpc) is 2.29. The lowest BCUT2D eigenvalue weighted by atomic mass is 10.3. The van der Waals surface area contributed by atoms with Crippen molar-refractivity contribution in [1.82, 2.24) is 9.80 Å². The van der Waals surface area contributed by atoms with E-state index in [1.54, 1.807) is 0 Å². The van der Waals surface area contributed by atoms with Crippen LogP contribution in [0, 0.1) is 0 Å². The molecule has 0 amide bonds. The number of thiol groups is 4. The summed E-state index contributed by atoms with van der Waals surface area (Å²) in [5.74, 6) is 2.33. The molecule has 0 fully saturated rings. The molecule has 0 unspecified atom stereocenters. The van der Waals surface area contributed by atoms with E-state index < -0.39 is 0 Å². The molecule has 0 saturated carbocycles. The summed E-state index contributed by atoms with van der Waals surface area (Å²) in [6, 6.07) is 0. The maximum Gasteiger partial charge on any atom is 0.0797 e. The Morgan fingerprint density at radius 2 is 0.938 bits per heavy atom. The molecule has 0 aromatic carbocycles. The molecule has 16 heavy (non-hydrogen) atoms. The zero-order valence-corrected chi connectivity index (χ0v) is 14.0. The van der Waals surface area contributed by atoms with Gasteiger partial charge >= 0.3 is 0 Å². The minimum Gasteiger partial charge on any atom is -0.348 e. The summed E-state index contributed by atoms with van der Waals surface area (Å²) in [5.41, 5.74) is 0. The predicted octanol–water partition coefficient (Wildman–Crippen LogP) is 2.57. The van der Waals surface area contributed by atoms with E-state index in [1.807, 2.05) is 9.80 Å². The third-order valence-electron chi connectivity index (χ3n) is 1.94. The Labute approximate surface area is 130 Å². The molecule has 2 nitrogen and oxygen atoms in total. The van der Waals surface area contributed by atoms with Crippen LogP contribution in [0.2, 0.25) is 0 Å². The van der Waals surface area contributed by atoms with Crippen LogP contribution in [0.5, 0.6) is 0 Å². The maximum atomic E-state index is 5.26. The highest BCUT2D eigenvalue weighted by atomic mass is 32.1. The molecule has 0 saturated heterocycles. The van der Waals surface area contributed by atoms with Crippen LogP contribution < -0.4 is 0 Å². The van der Waals surface area contributed by atoms with Crippen molar-refractivity contribution in [3.05, 3.63) is 0 Å². The Bertz CT molecular complexity index is 203. The number of thiocarbonyl (C=S) groups is 2. The fourth-order valence-corrected chi connectivity index (χ4v) is 3.18. The van der Waals surface area contributed by atoms with Gasteiger partial charge in [-0.15, -0.1) is 0 Å². The van der Waals surface area contributed by atoms with Crippen LogP contribution >= 0.6 is 75.0 Å². The highest BCUT2D eigenvalue weighted by Gasteiger charge is 2.10. The molecule has 0 aliphatic heterocycles. The van der Waals surface area contributed by atoms with E-state index in [4.69, 9.17) is 24.4 Å². The van der Waals surface area contributed by atoms with E-state index in [-0.39, 0.29) is 0 Å². The van der Waals surface area contributed by atoms with Gasteiger partial charge in [0.05, 0.1) is 33.5 Å². The van der Waals surface area contributed by atoms with Crippen LogP contribution in [0.1, 0.15) is 12.8 Å². The van der Waals surface area contributed by atoms with E-state index in [9.17, 15) is 0 Å². The summed E-state index contributed by atoms with van der Waals surface area (Å²) in [6.07, 6.45) is 1.49. The quantitative estimate of drug-likeness (QED) is 0.323. The van der Waals surface area contributed by atoms with Crippen molar-refractivity contribution in [1.29, 1.82) is 0 Å². The SMILES string of the molecule is S=C(CCC(=S)N(CS)CS)N(CS)CS. The molecule has 0 N–H and O–H groups in total. The molecule has 0 radical (unpaired) electrons. The average molecular weight is 333 g/mol. The van der Waals surface area contributed by atoms with E-state index in [2.05, 4.69) is 50.5 Å². The first-order valence-electron chi connectivity index (χ1n) is 4.59. The number of nitrogens with zero attached hydrogens (tertiary/aromatic N) is 2. The van der Waals surface area contributed by atoms with Gasteiger partial charge in [0.1, 0.15) is 0 Å². The minimum absolute atomic E-state index is 0.581. The largest absolute Gasteiger partial charge is 0.348 e. The van der Waals surface area contributed by atoms with Crippen molar-refractivity contribution in [2.24, 2.45) is 0 Å². The lowest BCUT2D eigenvalue weighted by Gasteiger charge is -2.23. The number of hydrogen-bond acceptors (Lipinski definition) is 6. The summed E-state index contributed by atoms with van der Waals surface area (Å²) in [4.78, 5) is 5.50. The summed E-state index contributed by atoms with van der Waals surface area (Å²) in [6.45, 7) is 0. The molecule has 94 valence electrons. The number of rotatable bonds is 7. The Kier molecular flexibility index (Phi) is 10.9. The van der Waals surface area contributed by atoms with Gasteiger partial charge in [0.15, 0.2) is 0 Å². The van der Waals surface area contributed by atoms with Gasteiger partial charge in [-0.1, -0.05) is 24.4 Å². The van der Waals surface area contributed by atoms with Crippen molar-refractivity contribution < 1.29 is 0 Å². The van der Waals surface area contributed by atoms with Gasteiger partial charge in [-0.3, -0.25) is 0 Å². The molecule has 0 aromatic rings. The van der Waals surface area contributed by atoms with Gasteiger partial charge in [0.25, 0.3) is 0 Å². The van der Waals surface area contributed by atoms with E-state index in [1.165, 1.54) is 0 Å². The van der Waals surface area contributed by atoms with Crippen molar-refractivity contribution >= 4 is 84.9 Å². The first kappa shape index (κ1) is 17.2. The van der Waals surface area contributed by atoms with Crippen molar-refractivity contribution in [3.8, 4) is 0 Å². The topological polar surface area (TPSA) is 6.48 Å². The first-order valence-corrected chi connectivity index (χ1v) is 7.94. The number of hydrogen-bond donors (Lipinski definition) is 4. The second-order valence-electron chi connectivity index (χ2n) is 2.93. The predicted molar refractivity (Wildman–Crippen MR) is 93.5 cm³/mol. The Morgan fingerprint density at radius 3 is 1.12 bits per heavy atom. The van der Waals surface area contributed by atoms with Crippen molar-refractivity contribution in [3.63, 3.8) is 0 Å². The third kappa shape index (κ3) is 6.20. The Hall–Kier alpha value is 1.18. The molecule has 0 aromatic heterocycles. The monoisotopic (exact) mass is 332 g/mol. The second-order valence-corrected chi connectivity index (χ2v) is 5.01. The van der Waals surface area contributed by atoms with Crippen molar-refractivity contribution in [2.75, 3.05) is 23.5 Å². The fourth-order valence-electron chi connectivity index (χ4n) is 0.935. The molecule has 0 rings (SSSR count). The summed E-state index contributed by atoms with van der Waals surface area (Å²) in [7, 11) is 0. The standard InChI is InChI=1S/C8H16N2S6/c11-3-9(4-12)7(15)1-2-8(16)10(5-13)6-14/h11-14H,1-6H2. The molecule has 8 heteroatoms. The smallest absolute Gasteiger partial charge is 0.0797 e. The van der Waals surface area contributed by atoms with E-state index in [0.717, 1.165) is 22.8 Å². The Balaban J connectivity index is 4.04.